The highest BCUT2D eigenvalue weighted by Crippen LogP contribution is 2.42. The number of anilines is 1. The van der Waals surface area contributed by atoms with Crippen LogP contribution in [-0.4, -0.2) is 40.1 Å². The fourth-order valence-corrected chi connectivity index (χ4v) is 6.09. The molecule has 3 heterocycles. The van der Waals surface area contributed by atoms with Gasteiger partial charge in [0.15, 0.2) is 0 Å². The van der Waals surface area contributed by atoms with E-state index in [0.29, 0.717) is 18.0 Å². The summed E-state index contributed by atoms with van der Waals surface area (Å²) in [7, 11) is 0. The molecule has 5 nitrogen and oxygen atoms in total. The zero-order valence-corrected chi connectivity index (χ0v) is 18.9. The van der Waals surface area contributed by atoms with Crippen LogP contribution in [-0.2, 0) is 6.42 Å². The summed E-state index contributed by atoms with van der Waals surface area (Å²) in [5, 5.41) is 9.68. The van der Waals surface area contributed by atoms with Gasteiger partial charge in [-0.3, -0.25) is 4.99 Å². The maximum absolute atomic E-state index is 9.68. The summed E-state index contributed by atoms with van der Waals surface area (Å²) in [5.74, 6) is 0.359. The van der Waals surface area contributed by atoms with Gasteiger partial charge in [-0.05, 0) is 61.6 Å². The minimum absolute atomic E-state index is 0.266. The number of aliphatic hydroxyl groups is 1. The molecule has 1 N–H and O–H groups in total. The van der Waals surface area contributed by atoms with Crippen LogP contribution in [0.5, 0.6) is 0 Å². The highest BCUT2D eigenvalue weighted by atomic mass is 16.3. The van der Waals surface area contributed by atoms with Gasteiger partial charge in [0.2, 0.25) is 0 Å². The highest BCUT2D eigenvalue weighted by molar-refractivity contribution is 5.92. The van der Waals surface area contributed by atoms with Crippen LogP contribution in [0.2, 0.25) is 0 Å². The summed E-state index contributed by atoms with van der Waals surface area (Å²) in [6.07, 6.45) is 12.5. The Morgan fingerprint density at radius 1 is 1.09 bits per heavy atom. The number of hydrogen-bond donors (Lipinski definition) is 1. The molecule has 2 atom stereocenters. The SMILES string of the molecule is C[C@H]1C[C@H](CO)CN1c1cc2c(c(-c3ccc4c(c3)ncn4C3CCCCC3)c1)N=CC2. The zero-order valence-electron chi connectivity index (χ0n) is 18.9. The molecule has 6 rings (SSSR count). The molecule has 2 fully saturated rings. The molecule has 3 aromatic rings. The quantitative estimate of drug-likeness (QED) is 0.582. The van der Waals surface area contributed by atoms with Crippen molar-refractivity contribution in [2.24, 2.45) is 10.9 Å². The third-order valence-electron chi connectivity index (χ3n) is 7.81. The topological polar surface area (TPSA) is 53.6 Å². The molecule has 0 spiro atoms. The molecule has 2 aromatic carbocycles. The van der Waals surface area contributed by atoms with Crippen LogP contribution in [0.4, 0.5) is 11.4 Å². The Balaban J connectivity index is 1.40. The van der Waals surface area contributed by atoms with Crippen LogP contribution in [0.1, 0.15) is 57.1 Å². The molecule has 2 aliphatic heterocycles. The van der Waals surface area contributed by atoms with E-state index in [-0.39, 0.29) is 6.61 Å². The van der Waals surface area contributed by atoms with E-state index >= 15 is 0 Å². The molecule has 0 amide bonds. The molecule has 1 saturated heterocycles. The number of hydrogen-bond acceptors (Lipinski definition) is 4. The molecule has 1 aromatic heterocycles. The second-order valence-electron chi connectivity index (χ2n) is 9.95. The fourth-order valence-electron chi connectivity index (χ4n) is 6.09. The summed E-state index contributed by atoms with van der Waals surface area (Å²) < 4.78 is 2.40. The van der Waals surface area contributed by atoms with Crippen molar-refractivity contribution in [3.05, 3.63) is 42.2 Å². The average Bonchev–Trinajstić information content (AvgIpc) is 3.56. The summed E-state index contributed by atoms with van der Waals surface area (Å²) in [4.78, 5) is 12.0. The highest BCUT2D eigenvalue weighted by Gasteiger charge is 2.30. The van der Waals surface area contributed by atoms with Gasteiger partial charge in [0, 0.05) is 55.0 Å². The van der Waals surface area contributed by atoms with Crippen molar-refractivity contribution >= 4 is 28.6 Å². The number of nitrogens with zero attached hydrogens (tertiary/aromatic N) is 4. The number of fused-ring (bicyclic) bond motifs is 2. The largest absolute Gasteiger partial charge is 0.396 e. The van der Waals surface area contributed by atoms with Crippen LogP contribution in [0, 0.1) is 5.92 Å². The molecule has 166 valence electrons. The van der Waals surface area contributed by atoms with Gasteiger partial charge in [-0.15, -0.1) is 0 Å². The van der Waals surface area contributed by atoms with Gasteiger partial charge >= 0.3 is 0 Å². The van der Waals surface area contributed by atoms with Crippen LogP contribution < -0.4 is 4.90 Å². The molecule has 32 heavy (non-hydrogen) atoms. The van der Waals surface area contributed by atoms with E-state index < -0.39 is 0 Å². The number of aliphatic imine (C=N–C) groups is 1. The van der Waals surface area contributed by atoms with Gasteiger partial charge in [-0.25, -0.2) is 4.98 Å². The van der Waals surface area contributed by atoms with E-state index in [1.807, 2.05) is 12.5 Å². The Bertz CT molecular complexity index is 1170. The number of rotatable bonds is 4. The first-order valence-corrected chi connectivity index (χ1v) is 12.2. The fraction of sp³-hybridized carbons (Fsp3) is 0.481. The first kappa shape index (κ1) is 20.0. The van der Waals surface area contributed by atoms with Crippen molar-refractivity contribution in [3.8, 4) is 11.1 Å². The predicted molar refractivity (Wildman–Crippen MR) is 131 cm³/mol. The summed E-state index contributed by atoms with van der Waals surface area (Å²) in [5.41, 5.74) is 8.35. The molecule has 1 saturated carbocycles. The zero-order chi connectivity index (χ0) is 21.7. The Kier molecular flexibility index (Phi) is 5.02. The van der Waals surface area contributed by atoms with E-state index in [4.69, 9.17) is 9.98 Å². The molecular formula is C27H32N4O. The lowest BCUT2D eigenvalue weighted by Crippen LogP contribution is -2.27. The molecule has 0 bridgehead atoms. The van der Waals surface area contributed by atoms with Gasteiger partial charge in [-0.1, -0.05) is 25.3 Å². The maximum Gasteiger partial charge on any atom is 0.0960 e. The van der Waals surface area contributed by atoms with Crippen molar-refractivity contribution in [2.45, 2.75) is 64.0 Å². The van der Waals surface area contributed by atoms with Crippen LogP contribution >= 0.6 is 0 Å². The summed E-state index contributed by atoms with van der Waals surface area (Å²) in [6.45, 7) is 3.45. The monoisotopic (exact) mass is 428 g/mol. The lowest BCUT2D eigenvalue weighted by atomic mass is 9.95. The lowest BCUT2D eigenvalue weighted by molar-refractivity contribution is 0.236. The van der Waals surface area contributed by atoms with Crippen molar-refractivity contribution in [2.75, 3.05) is 18.1 Å². The second kappa shape index (κ2) is 8.04. The molecule has 0 unspecified atom stereocenters. The summed E-state index contributed by atoms with van der Waals surface area (Å²) in [6, 6.07) is 12.4. The minimum atomic E-state index is 0.266. The van der Waals surface area contributed by atoms with Crippen molar-refractivity contribution < 1.29 is 5.11 Å². The Hall–Kier alpha value is -2.66. The van der Waals surface area contributed by atoms with E-state index in [1.165, 1.54) is 60.0 Å². The van der Waals surface area contributed by atoms with E-state index in [9.17, 15) is 5.11 Å². The van der Waals surface area contributed by atoms with Gasteiger partial charge in [0.25, 0.3) is 0 Å². The third-order valence-corrected chi connectivity index (χ3v) is 7.81. The second-order valence-corrected chi connectivity index (χ2v) is 9.95. The standard InChI is InChI=1S/C27H32N4O/c1-18-11-19(16-32)15-30(18)23-12-21-9-10-28-27(21)24(14-23)20-7-8-26-25(13-20)29-17-31(26)22-5-3-2-4-6-22/h7-8,10,12-14,17-19,22,32H,2-6,9,11,15-16H2,1H3/t18-,19-/m0/s1. The van der Waals surface area contributed by atoms with Gasteiger partial charge < -0.3 is 14.6 Å². The van der Waals surface area contributed by atoms with Gasteiger partial charge in [0.05, 0.1) is 23.0 Å². The Labute approximate surface area is 189 Å². The Morgan fingerprint density at radius 2 is 1.97 bits per heavy atom. The molecule has 5 heteroatoms. The maximum atomic E-state index is 9.68. The first-order chi connectivity index (χ1) is 15.7. The Morgan fingerprint density at radius 3 is 2.78 bits per heavy atom. The van der Waals surface area contributed by atoms with Crippen molar-refractivity contribution in [1.82, 2.24) is 9.55 Å². The molecular weight excluding hydrogens is 396 g/mol. The summed E-state index contributed by atoms with van der Waals surface area (Å²) >= 11 is 0. The van der Waals surface area contributed by atoms with Crippen LogP contribution in [0.3, 0.4) is 0 Å². The predicted octanol–water partition coefficient (Wildman–Crippen LogP) is 5.67. The van der Waals surface area contributed by atoms with Gasteiger partial charge in [-0.2, -0.15) is 0 Å². The molecule has 0 radical (unpaired) electrons. The first-order valence-electron chi connectivity index (χ1n) is 12.2. The number of imidazole rings is 1. The normalized spacial score (nSPS) is 23.4. The number of aromatic nitrogens is 2. The van der Waals surface area contributed by atoms with Crippen molar-refractivity contribution in [3.63, 3.8) is 0 Å². The lowest BCUT2D eigenvalue weighted by Gasteiger charge is -2.26. The van der Waals surface area contributed by atoms with Crippen LogP contribution in [0.25, 0.3) is 22.2 Å². The third kappa shape index (κ3) is 3.34. The van der Waals surface area contributed by atoms with E-state index in [1.54, 1.807) is 0 Å². The molecule has 1 aliphatic carbocycles. The van der Waals surface area contributed by atoms with Crippen LogP contribution in [0.15, 0.2) is 41.7 Å². The minimum Gasteiger partial charge on any atom is -0.396 e. The average molecular weight is 429 g/mol. The number of aliphatic hydroxyl groups excluding tert-OH is 1. The van der Waals surface area contributed by atoms with Gasteiger partial charge in [0.1, 0.15) is 0 Å². The smallest absolute Gasteiger partial charge is 0.0960 e. The van der Waals surface area contributed by atoms with E-state index in [0.717, 1.165) is 30.6 Å². The number of benzene rings is 2. The van der Waals surface area contributed by atoms with Crippen molar-refractivity contribution in [1.29, 1.82) is 0 Å². The molecule has 3 aliphatic rings. The van der Waals surface area contributed by atoms with E-state index in [2.05, 4.69) is 46.7 Å².